The summed E-state index contributed by atoms with van der Waals surface area (Å²) in [4.78, 5) is 2.55. The largest absolute Gasteiger partial charge is 0.384 e. The van der Waals surface area contributed by atoms with Gasteiger partial charge in [-0.2, -0.15) is 0 Å². The van der Waals surface area contributed by atoms with E-state index in [9.17, 15) is 0 Å². The van der Waals surface area contributed by atoms with Crippen molar-refractivity contribution in [3.63, 3.8) is 0 Å². The van der Waals surface area contributed by atoms with Gasteiger partial charge in [0.15, 0.2) is 0 Å². The molecule has 0 unspecified atom stereocenters. The lowest BCUT2D eigenvalue weighted by Crippen LogP contribution is -2.30. The van der Waals surface area contributed by atoms with Gasteiger partial charge in [-0.05, 0) is 44.4 Å². The first-order chi connectivity index (χ1) is 8.28. The lowest BCUT2D eigenvalue weighted by atomic mass is 10.2. The van der Waals surface area contributed by atoms with Crippen LogP contribution in [-0.2, 0) is 0 Å². The summed E-state index contributed by atoms with van der Waals surface area (Å²) in [6.07, 6.45) is 2.89. The lowest BCUT2D eigenvalue weighted by molar-refractivity contribution is 0.287. The van der Waals surface area contributed by atoms with Crippen molar-refractivity contribution in [3.05, 3.63) is 29.8 Å². The van der Waals surface area contributed by atoms with Crippen molar-refractivity contribution in [3.8, 4) is 0 Å². The summed E-state index contributed by atoms with van der Waals surface area (Å²) in [5.41, 5.74) is 2.55. The standard InChI is InChI=1S/C15H24N2/c1-3-17(12-14-6-7-14)11-10-16-15-8-4-13(2)5-9-15/h4-5,8-9,14,16H,3,6-7,10-12H2,1-2H3. The summed E-state index contributed by atoms with van der Waals surface area (Å²) >= 11 is 0. The third-order valence-electron chi connectivity index (χ3n) is 3.47. The molecule has 0 radical (unpaired) electrons. The highest BCUT2D eigenvalue weighted by atomic mass is 15.1. The minimum atomic E-state index is 0.995. The van der Waals surface area contributed by atoms with Crippen LogP contribution in [0.4, 0.5) is 5.69 Å². The Hall–Kier alpha value is -1.02. The number of hydrogen-bond acceptors (Lipinski definition) is 2. The van der Waals surface area contributed by atoms with E-state index in [0.29, 0.717) is 0 Å². The zero-order valence-corrected chi connectivity index (χ0v) is 11.1. The number of nitrogens with zero attached hydrogens (tertiary/aromatic N) is 1. The average Bonchev–Trinajstić information content (AvgIpc) is 3.14. The zero-order valence-electron chi connectivity index (χ0n) is 11.1. The highest BCUT2D eigenvalue weighted by Gasteiger charge is 2.23. The maximum atomic E-state index is 3.49. The number of aryl methyl sites for hydroxylation is 1. The molecule has 0 aliphatic heterocycles. The first kappa shape index (κ1) is 12.4. The number of nitrogens with one attached hydrogen (secondary N) is 1. The Kier molecular flexibility index (Phi) is 4.43. The van der Waals surface area contributed by atoms with Crippen LogP contribution in [0.2, 0.25) is 0 Å². The van der Waals surface area contributed by atoms with Gasteiger partial charge in [-0.25, -0.2) is 0 Å². The van der Waals surface area contributed by atoms with Gasteiger partial charge in [0.05, 0.1) is 0 Å². The van der Waals surface area contributed by atoms with Crippen LogP contribution < -0.4 is 5.32 Å². The molecule has 1 aromatic carbocycles. The fourth-order valence-electron chi connectivity index (χ4n) is 2.07. The van der Waals surface area contributed by atoms with Crippen molar-refractivity contribution in [2.45, 2.75) is 26.7 Å². The third kappa shape index (κ3) is 4.39. The van der Waals surface area contributed by atoms with Gasteiger partial charge in [0.1, 0.15) is 0 Å². The Balaban J connectivity index is 1.68. The highest BCUT2D eigenvalue weighted by Crippen LogP contribution is 2.29. The molecule has 0 bridgehead atoms. The number of anilines is 1. The van der Waals surface area contributed by atoms with Gasteiger partial charge in [0.2, 0.25) is 0 Å². The van der Waals surface area contributed by atoms with Crippen LogP contribution in [-0.4, -0.2) is 31.1 Å². The summed E-state index contributed by atoms with van der Waals surface area (Å²) in [6.45, 7) is 9.05. The minimum Gasteiger partial charge on any atom is -0.384 e. The van der Waals surface area contributed by atoms with Crippen molar-refractivity contribution in [2.75, 3.05) is 31.5 Å². The van der Waals surface area contributed by atoms with Gasteiger partial charge in [-0.3, -0.25) is 0 Å². The summed E-state index contributed by atoms with van der Waals surface area (Å²) in [7, 11) is 0. The van der Waals surface area contributed by atoms with Crippen LogP contribution in [0.1, 0.15) is 25.3 Å². The smallest absolute Gasteiger partial charge is 0.0340 e. The number of hydrogen-bond donors (Lipinski definition) is 1. The predicted octanol–water partition coefficient (Wildman–Crippen LogP) is 3.14. The van der Waals surface area contributed by atoms with E-state index in [2.05, 4.69) is 48.3 Å². The van der Waals surface area contributed by atoms with E-state index in [-0.39, 0.29) is 0 Å². The highest BCUT2D eigenvalue weighted by molar-refractivity contribution is 5.44. The monoisotopic (exact) mass is 232 g/mol. The van der Waals surface area contributed by atoms with Crippen molar-refractivity contribution in [1.82, 2.24) is 4.90 Å². The molecule has 0 atom stereocenters. The van der Waals surface area contributed by atoms with Crippen LogP contribution in [0.15, 0.2) is 24.3 Å². The molecule has 2 rings (SSSR count). The Morgan fingerprint density at radius 3 is 2.53 bits per heavy atom. The van der Waals surface area contributed by atoms with E-state index in [1.54, 1.807) is 0 Å². The second kappa shape index (κ2) is 6.06. The molecule has 1 aliphatic rings. The SMILES string of the molecule is CCN(CCNc1ccc(C)cc1)CC1CC1. The molecule has 2 nitrogen and oxygen atoms in total. The van der Waals surface area contributed by atoms with E-state index in [1.807, 2.05) is 0 Å². The molecule has 1 saturated carbocycles. The fourth-order valence-corrected chi connectivity index (χ4v) is 2.07. The van der Waals surface area contributed by atoms with Crippen molar-refractivity contribution < 1.29 is 0 Å². The maximum Gasteiger partial charge on any atom is 0.0340 e. The molecule has 0 saturated heterocycles. The summed E-state index contributed by atoms with van der Waals surface area (Å²) in [5, 5.41) is 3.49. The van der Waals surface area contributed by atoms with Crippen LogP contribution in [0.25, 0.3) is 0 Å². The Morgan fingerprint density at radius 2 is 1.94 bits per heavy atom. The summed E-state index contributed by atoms with van der Waals surface area (Å²) in [5.74, 6) is 0.995. The molecule has 17 heavy (non-hydrogen) atoms. The normalized spacial score (nSPS) is 15.2. The van der Waals surface area contributed by atoms with Gasteiger partial charge >= 0.3 is 0 Å². The quantitative estimate of drug-likeness (QED) is 0.777. The second-order valence-corrected chi connectivity index (χ2v) is 5.13. The van der Waals surface area contributed by atoms with Gasteiger partial charge in [-0.15, -0.1) is 0 Å². The molecule has 1 aromatic rings. The molecule has 0 heterocycles. The van der Waals surface area contributed by atoms with Crippen LogP contribution in [0.5, 0.6) is 0 Å². The molecular weight excluding hydrogens is 208 g/mol. The zero-order chi connectivity index (χ0) is 12.1. The molecule has 1 N–H and O–H groups in total. The molecule has 0 aromatic heterocycles. The number of likely N-dealkylation sites (N-methyl/N-ethyl adjacent to an activating group) is 1. The Bertz CT molecular complexity index is 327. The summed E-state index contributed by atoms with van der Waals surface area (Å²) < 4.78 is 0. The summed E-state index contributed by atoms with van der Waals surface area (Å²) in [6, 6.07) is 8.63. The van der Waals surface area contributed by atoms with E-state index in [0.717, 1.165) is 19.0 Å². The molecule has 0 spiro atoms. The minimum absolute atomic E-state index is 0.995. The molecule has 2 heteroatoms. The lowest BCUT2D eigenvalue weighted by Gasteiger charge is -2.20. The Labute approximate surface area is 105 Å². The van der Waals surface area contributed by atoms with Crippen molar-refractivity contribution >= 4 is 5.69 Å². The fraction of sp³-hybridized carbons (Fsp3) is 0.600. The van der Waals surface area contributed by atoms with Gasteiger partial charge in [-0.1, -0.05) is 24.6 Å². The number of benzene rings is 1. The van der Waals surface area contributed by atoms with Crippen molar-refractivity contribution in [2.24, 2.45) is 5.92 Å². The second-order valence-electron chi connectivity index (χ2n) is 5.13. The number of rotatable bonds is 7. The topological polar surface area (TPSA) is 15.3 Å². The average molecular weight is 232 g/mol. The van der Waals surface area contributed by atoms with Crippen LogP contribution in [0, 0.1) is 12.8 Å². The van der Waals surface area contributed by atoms with Crippen molar-refractivity contribution in [1.29, 1.82) is 0 Å². The van der Waals surface area contributed by atoms with Crippen LogP contribution in [0.3, 0.4) is 0 Å². The third-order valence-corrected chi connectivity index (χ3v) is 3.47. The van der Waals surface area contributed by atoms with E-state index >= 15 is 0 Å². The van der Waals surface area contributed by atoms with Gasteiger partial charge in [0.25, 0.3) is 0 Å². The molecule has 0 amide bonds. The van der Waals surface area contributed by atoms with E-state index in [1.165, 1.54) is 37.2 Å². The molecule has 1 fully saturated rings. The molecular formula is C15H24N2. The van der Waals surface area contributed by atoms with Gasteiger partial charge < -0.3 is 10.2 Å². The molecule has 94 valence electrons. The molecule has 1 aliphatic carbocycles. The first-order valence-electron chi connectivity index (χ1n) is 6.81. The predicted molar refractivity (Wildman–Crippen MR) is 74.5 cm³/mol. The van der Waals surface area contributed by atoms with Gasteiger partial charge in [0, 0.05) is 25.3 Å². The first-order valence-corrected chi connectivity index (χ1v) is 6.81. The van der Waals surface area contributed by atoms with E-state index in [4.69, 9.17) is 0 Å². The van der Waals surface area contributed by atoms with E-state index < -0.39 is 0 Å². The maximum absolute atomic E-state index is 3.49. The Morgan fingerprint density at radius 1 is 1.24 bits per heavy atom. The van der Waals surface area contributed by atoms with Crippen LogP contribution >= 0.6 is 0 Å².